The van der Waals surface area contributed by atoms with Crippen LogP contribution in [0.25, 0.3) is 38.7 Å². The Labute approximate surface area is 734 Å². The van der Waals surface area contributed by atoms with Gasteiger partial charge in [-0.05, 0) is 270 Å². The summed E-state index contributed by atoms with van der Waals surface area (Å²) in [5, 5.41) is 5.31. The van der Waals surface area contributed by atoms with Crippen LogP contribution >= 0.6 is 0 Å². The summed E-state index contributed by atoms with van der Waals surface area (Å²) in [6, 6.07) is 83.5. The smallest absolute Gasteiger partial charge is 0.200 e. The first-order valence-corrected chi connectivity index (χ1v) is 45.6. The first-order chi connectivity index (χ1) is 56.6. The van der Waals surface area contributed by atoms with Gasteiger partial charge in [0, 0.05) is 36.7 Å². The van der Waals surface area contributed by atoms with Crippen LogP contribution in [0.4, 0.5) is 5.69 Å². The second-order valence-electron chi connectivity index (χ2n) is 44.1. The molecule has 0 saturated carbocycles. The summed E-state index contributed by atoms with van der Waals surface area (Å²) in [7, 11) is 0. The number of rotatable bonds is 0. The molecule has 0 saturated heterocycles. The van der Waals surface area contributed by atoms with Gasteiger partial charge in [0.2, 0.25) is 5.89 Å². The number of aryl methyl sites for hydroxylation is 4. The molecule has 640 valence electrons. The molecule has 0 atom stereocenters. The second kappa shape index (κ2) is 39.5. The van der Waals surface area contributed by atoms with E-state index in [0.717, 1.165) is 48.0 Å². The van der Waals surface area contributed by atoms with Crippen LogP contribution in [-0.4, -0.2) is 28.2 Å². The van der Waals surface area contributed by atoms with E-state index in [1.54, 1.807) is 33.4 Å². The summed E-state index contributed by atoms with van der Waals surface area (Å²) in [4.78, 5) is 11.3. The lowest BCUT2D eigenvalue weighted by atomic mass is 9.79. The second-order valence-corrected chi connectivity index (χ2v) is 44.1. The molecule has 2 aliphatic heterocycles. The average molecular weight is 1620 g/mol. The van der Waals surface area contributed by atoms with Crippen molar-refractivity contribution in [2.45, 2.75) is 314 Å². The fourth-order valence-electron chi connectivity index (χ4n) is 16.3. The number of nitrogens with zero attached hydrogens (tertiary/aromatic N) is 3. The molecule has 0 unspecified atom stereocenters. The highest BCUT2D eigenvalue weighted by Crippen LogP contribution is 2.40. The van der Waals surface area contributed by atoms with Crippen LogP contribution in [0.3, 0.4) is 0 Å². The Kier molecular flexibility index (Phi) is 30.7. The van der Waals surface area contributed by atoms with Crippen LogP contribution in [0.15, 0.2) is 246 Å². The van der Waals surface area contributed by atoms with E-state index in [-0.39, 0.29) is 27.1 Å². The Balaban J connectivity index is 0.000000143. The molecule has 0 bridgehead atoms. The van der Waals surface area contributed by atoms with Crippen molar-refractivity contribution in [2.24, 2.45) is 16.3 Å². The van der Waals surface area contributed by atoms with Gasteiger partial charge in [-0.3, -0.25) is 9.89 Å². The van der Waals surface area contributed by atoms with E-state index in [4.69, 9.17) is 4.42 Å². The summed E-state index contributed by atoms with van der Waals surface area (Å²) >= 11 is 0. The van der Waals surface area contributed by atoms with Crippen molar-refractivity contribution in [1.29, 1.82) is 0 Å². The Bertz CT molecular complexity index is 5200. The van der Waals surface area contributed by atoms with E-state index in [2.05, 4.69) is 420 Å². The molecule has 11 aromatic carbocycles. The van der Waals surface area contributed by atoms with Gasteiger partial charge in [0.15, 0.2) is 5.58 Å². The van der Waals surface area contributed by atoms with Crippen LogP contribution in [0.5, 0.6) is 0 Å². The molecule has 0 spiro atoms. The van der Waals surface area contributed by atoms with Gasteiger partial charge in [0.05, 0.1) is 5.69 Å². The molecule has 12 aromatic rings. The highest BCUT2D eigenvalue weighted by molar-refractivity contribution is 5.84. The fraction of sp³-hybridized carbons (Fsp3) is 0.436. The number of hydrogen-bond donors (Lipinski definition) is 0. The molecule has 4 aliphatic carbocycles. The van der Waals surface area contributed by atoms with Crippen molar-refractivity contribution >= 4 is 50.6 Å². The topological polar surface area (TPSA) is 41.6 Å². The Morgan fingerprint density at radius 3 is 1.18 bits per heavy atom. The molecular weight excluding hydrogens is 1460 g/mol. The van der Waals surface area contributed by atoms with Gasteiger partial charge in [-0.25, -0.2) is 4.98 Å². The average Bonchev–Trinajstić information content (AvgIpc) is 1.51. The van der Waals surface area contributed by atoms with E-state index in [9.17, 15) is 0 Å². The molecule has 18 rings (SSSR count). The third kappa shape index (κ3) is 27.1. The maximum atomic E-state index is 5.62. The summed E-state index contributed by atoms with van der Waals surface area (Å²) < 4.78 is 5.62. The number of fused-ring (bicyclic) bond motifs is 9. The van der Waals surface area contributed by atoms with Crippen molar-refractivity contribution in [1.82, 2.24) is 9.88 Å². The quantitative estimate of drug-likeness (QED) is 0.152. The minimum Gasteiger partial charge on any atom is -0.440 e. The molecule has 0 N–H and O–H groups in total. The van der Waals surface area contributed by atoms with Crippen molar-refractivity contribution in [3.8, 4) is 0 Å². The molecule has 121 heavy (non-hydrogen) atoms. The van der Waals surface area contributed by atoms with Gasteiger partial charge < -0.3 is 4.42 Å². The van der Waals surface area contributed by atoms with Crippen LogP contribution in [0, 0.1) is 11.3 Å². The van der Waals surface area contributed by atoms with E-state index in [1.165, 1.54) is 153 Å². The third-order valence-electron chi connectivity index (χ3n) is 24.8. The normalized spacial score (nSPS) is 14.8. The van der Waals surface area contributed by atoms with E-state index >= 15 is 0 Å². The summed E-state index contributed by atoms with van der Waals surface area (Å²) in [5.74, 6) is 1.64. The Morgan fingerprint density at radius 1 is 0.314 bits per heavy atom. The number of hydrogen-bond acceptors (Lipinski definition) is 4. The predicted molar refractivity (Wildman–Crippen MR) is 529 cm³/mol. The zero-order valence-corrected chi connectivity index (χ0v) is 79.9. The van der Waals surface area contributed by atoms with Crippen LogP contribution in [0.2, 0.25) is 0 Å². The lowest BCUT2D eigenvalue weighted by Gasteiger charge is -2.39. The van der Waals surface area contributed by atoms with Gasteiger partial charge in [0.1, 0.15) is 5.52 Å². The minimum atomic E-state index is -0.0149. The molecule has 0 amide bonds. The third-order valence-corrected chi connectivity index (χ3v) is 24.8. The van der Waals surface area contributed by atoms with Gasteiger partial charge in [-0.15, -0.1) is 0 Å². The summed E-state index contributed by atoms with van der Waals surface area (Å²) in [6.07, 6.45) is 21.6. The molecule has 3 heterocycles. The van der Waals surface area contributed by atoms with Crippen LogP contribution < -0.4 is 0 Å². The lowest BCUT2D eigenvalue weighted by Crippen LogP contribution is -2.44. The van der Waals surface area contributed by atoms with Gasteiger partial charge >= 0.3 is 0 Å². The lowest BCUT2D eigenvalue weighted by molar-refractivity contribution is 0.121. The molecule has 0 radical (unpaired) electrons. The number of oxazole rings is 1. The number of benzene rings is 11. The predicted octanol–water partition coefficient (Wildman–Crippen LogP) is 31.8. The highest BCUT2D eigenvalue weighted by Gasteiger charge is 2.31. The largest absolute Gasteiger partial charge is 0.440 e. The number of allylic oxidation sites excluding steroid dienone is 1. The first-order valence-electron chi connectivity index (χ1n) is 45.6. The molecule has 6 aliphatic rings. The van der Waals surface area contributed by atoms with Crippen molar-refractivity contribution < 1.29 is 4.42 Å². The summed E-state index contributed by atoms with van der Waals surface area (Å²) in [6.45, 7) is 63.2. The van der Waals surface area contributed by atoms with Crippen molar-refractivity contribution in [3.63, 3.8) is 0 Å². The molecule has 4 heteroatoms. The summed E-state index contributed by atoms with van der Waals surface area (Å²) in [5.41, 5.74) is 30.7. The molecular formula is C117H151N3O. The molecule has 1 aromatic heterocycles. The standard InChI is InChI=1S/C14H20.2C14H16.C13H19N.C13H18.C13H16.C13H18.C12H15N.C11H13NO/c3*1-14(2,3)13-9-8-11-6-4-5-7-12(11)10-13;1-13(2,3)14-9-8-11-6-4-5-7-12(11)10-14;2*1-13(2,3)12-8-7-10-5-4-6-11(10)9-12;1-13(2,3)12-8-10-6-4-5-7-11(10)9-12;1-12(2,3)10-4-5-11-9(8-10)6-7-13-11;1-11(2,3)10-12-8-6-4-5-7-9(8)13-10/h8-10H,4-7H2,1-3H3;2*4-10H,1-3H3;4-7H,8-10H2,1-3H3;7-9H,4-6H2,1-3H3;4-5,7-9H,6H2,1-3H3;4-7,12H,8-9H2,1-3H3;4-5,7-8H,6H2,1-3H3;4-7H,1-3H3. The number of para-hydroxylation sites is 2. The maximum absolute atomic E-state index is 5.62. The number of aromatic nitrogens is 1. The first kappa shape index (κ1) is 94.0. The highest BCUT2D eigenvalue weighted by atomic mass is 16.3. The van der Waals surface area contributed by atoms with E-state index in [0.29, 0.717) is 21.8 Å². The SMILES string of the molecule is CC(C)(C)C1Cc2ccccc2C1.CC(C)(C)N1CCc2ccccc2C1.CC(C)(C)c1ccc2c(c1)CC=C2.CC(C)(C)c1ccc2c(c1)CC=N2.CC(C)(C)c1ccc2c(c1)CCC2.CC(C)(C)c1ccc2c(c1)CCCC2.CC(C)(C)c1ccc2ccccc2c1.CC(C)(C)c1ccc2ccccc2c1.CC(C)(C)c1nc2ccccc2o1. The zero-order valence-electron chi connectivity index (χ0n) is 79.9. The van der Waals surface area contributed by atoms with E-state index < -0.39 is 0 Å². The molecule has 0 fully saturated rings. The van der Waals surface area contributed by atoms with Crippen molar-refractivity contribution in [3.05, 3.63) is 337 Å². The van der Waals surface area contributed by atoms with Crippen LogP contribution in [0.1, 0.15) is 307 Å². The zero-order chi connectivity index (χ0) is 88.1. The van der Waals surface area contributed by atoms with Gasteiger partial charge in [-0.1, -0.05) is 391 Å². The maximum Gasteiger partial charge on any atom is 0.200 e. The van der Waals surface area contributed by atoms with Crippen LogP contribution in [-0.2, 0) is 102 Å². The Hall–Kier alpha value is -9.22. The number of aliphatic imine (C=N–C) groups is 1. The molecule has 4 nitrogen and oxygen atoms in total. The Morgan fingerprint density at radius 2 is 0.702 bits per heavy atom. The minimum absolute atomic E-state index is 0.0149. The van der Waals surface area contributed by atoms with E-state index in [1.807, 2.05) is 30.5 Å². The monoisotopic (exact) mass is 1610 g/mol. The van der Waals surface area contributed by atoms with Gasteiger partial charge in [-0.2, -0.15) is 0 Å². The fourth-order valence-corrected chi connectivity index (χ4v) is 16.3. The van der Waals surface area contributed by atoms with Crippen molar-refractivity contribution in [2.75, 3.05) is 6.54 Å². The van der Waals surface area contributed by atoms with Gasteiger partial charge in [0.25, 0.3) is 0 Å².